The molecule has 0 bridgehead atoms. The van der Waals surface area contributed by atoms with Crippen LogP contribution in [0.15, 0.2) is 18.2 Å². The Morgan fingerprint density at radius 1 is 1.10 bits per heavy atom. The average Bonchev–Trinajstić information content (AvgIpc) is 2.56. The van der Waals surface area contributed by atoms with Crippen molar-refractivity contribution in [1.29, 1.82) is 0 Å². The Labute approximate surface area is 121 Å². The lowest BCUT2D eigenvalue weighted by Crippen LogP contribution is -2.43. The van der Waals surface area contributed by atoms with Gasteiger partial charge in [-0.1, -0.05) is 6.07 Å². The molecule has 4 nitrogen and oxygen atoms in total. The highest BCUT2D eigenvalue weighted by atomic mass is 16.5. The van der Waals surface area contributed by atoms with Crippen LogP contribution in [0, 0.1) is 0 Å². The molecule has 0 aliphatic carbocycles. The Morgan fingerprint density at radius 3 is 2.55 bits per heavy atom. The molecule has 2 aliphatic heterocycles. The zero-order valence-corrected chi connectivity index (χ0v) is 12.8. The number of rotatable bonds is 1. The normalized spacial score (nSPS) is 21.9. The lowest BCUT2D eigenvalue weighted by atomic mass is 10.1. The van der Waals surface area contributed by atoms with Gasteiger partial charge in [-0.2, -0.15) is 0 Å². The topological polar surface area (TPSA) is 27.7 Å². The van der Waals surface area contributed by atoms with Crippen LogP contribution in [0.4, 0.5) is 11.4 Å². The minimum Gasteiger partial charge on any atom is -0.483 e. The van der Waals surface area contributed by atoms with E-state index in [1.54, 1.807) is 0 Å². The summed E-state index contributed by atoms with van der Waals surface area (Å²) in [5, 5.41) is 3.41. The summed E-state index contributed by atoms with van der Waals surface area (Å²) in [5.74, 6) is 1.06. The molecule has 0 amide bonds. The largest absolute Gasteiger partial charge is 0.483 e. The molecular formula is C16H25N3O. The lowest BCUT2D eigenvalue weighted by Gasteiger charge is -2.33. The maximum Gasteiger partial charge on any atom is 0.166 e. The molecule has 2 aliphatic rings. The summed E-state index contributed by atoms with van der Waals surface area (Å²) >= 11 is 0. The monoisotopic (exact) mass is 275 g/mol. The summed E-state index contributed by atoms with van der Waals surface area (Å²) in [6.07, 6.45) is 1.04. The molecular weight excluding hydrogens is 250 g/mol. The summed E-state index contributed by atoms with van der Waals surface area (Å²) in [6.45, 7) is 9.58. The Balaban J connectivity index is 2.01. The average molecular weight is 275 g/mol. The van der Waals surface area contributed by atoms with Crippen molar-refractivity contribution in [3.63, 3.8) is 0 Å². The van der Waals surface area contributed by atoms with E-state index in [0.717, 1.165) is 44.9 Å². The van der Waals surface area contributed by atoms with E-state index in [9.17, 15) is 0 Å². The van der Waals surface area contributed by atoms with Gasteiger partial charge >= 0.3 is 0 Å². The lowest BCUT2D eigenvalue weighted by molar-refractivity contribution is 0.108. The minimum absolute atomic E-state index is 0.107. The van der Waals surface area contributed by atoms with Gasteiger partial charge in [0.1, 0.15) is 5.60 Å². The molecule has 1 aromatic rings. The van der Waals surface area contributed by atoms with Gasteiger partial charge in [-0.3, -0.25) is 0 Å². The molecule has 1 saturated heterocycles. The van der Waals surface area contributed by atoms with E-state index >= 15 is 0 Å². The Hall–Kier alpha value is -1.42. The first-order valence-corrected chi connectivity index (χ1v) is 7.56. The molecule has 1 fully saturated rings. The molecule has 4 heteroatoms. The van der Waals surface area contributed by atoms with Gasteiger partial charge in [0.05, 0.1) is 11.4 Å². The van der Waals surface area contributed by atoms with Crippen molar-refractivity contribution in [1.82, 2.24) is 5.32 Å². The fourth-order valence-electron chi connectivity index (χ4n) is 2.96. The highest BCUT2D eigenvalue weighted by molar-refractivity contribution is 5.73. The molecule has 0 saturated carbocycles. The Kier molecular flexibility index (Phi) is 3.50. The molecule has 1 N–H and O–H groups in total. The molecule has 0 radical (unpaired) electrons. The maximum atomic E-state index is 6.40. The molecule has 0 unspecified atom stereocenters. The third-order valence-electron chi connectivity index (χ3n) is 4.27. The SMILES string of the molecule is CN1CCC(C)(C)Oc2c1cccc2N1CCNCC1. The van der Waals surface area contributed by atoms with Crippen molar-refractivity contribution in [2.45, 2.75) is 25.9 Å². The molecule has 0 aromatic heterocycles. The number of anilines is 2. The van der Waals surface area contributed by atoms with E-state index in [-0.39, 0.29) is 5.60 Å². The van der Waals surface area contributed by atoms with Crippen LogP contribution in [-0.2, 0) is 0 Å². The summed E-state index contributed by atoms with van der Waals surface area (Å²) in [5.41, 5.74) is 2.35. The van der Waals surface area contributed by atoms with E-state index < -0.39 is 0 Å². The van der Waals surface area contributed by atoms with Crippen molar-refractivity contribution in [3.8, 4) is 5.75 Å². The van der Waals surface area contributed by atoms with Gasteiger partial charge < -0.3 is 19.9 Å². The van der Waals surface area contributed by atoms with E-state index in [4.69, 9.17) is 4.74 Å². The van der Waals surface area contributed by atoms with Gasteiger partial charge in [-0.25, -0.2) is 0 Å². The second kappa shape index (κ2) is 5.17. The van der Waals surface area contributed by atoms with Crippen LogP contribution in [0.3, 0.4) is 0 Å². The third-order valence-corrected chi connectivity index (χ3v) is 4.27. The van der Waals surface area contributed by atoms with Crippen LogP contribution >= 0.6 is 0 Å². The van der Waals surface area contributed by atoms with Crippen LogP contribution in [-0.4, -0.2) is 45.4 Å². The Bertz CT molecular complexity index is 481. The number of para-hydroxylation sites is 1. The van der Waals surface area contributed by atoms with Crippen molar-refractivity contribution in [2.75, 3.05) is 49.6 Å². The van der Waals surface area contributed by atoms with Crippen molar-refractivity contribution >= 4 is 11.4 Å². The second-order valence-electron chi connectivity index (χ2n) is 6.40. The highest BCUT2D eigenvalue weighted by Gasteiger charge is 2.29. The van der Waals surface area contributed by atoms with Crippen LogP contribution < -0.4 is 19.9 Å². The summed E-state index contributed by atoms with van der Waals surface area (Å²) in [6, 6.07) is 6.51. The highest BCUT2D eigenvalue weighted by Crippen LogP contribution is 2.42. The third kappa shape index (κ3) is 2.57. The van der Waals surface area contributed by atoms with Gasteiger partial charge in [-0.15, -0.1) is 0 Å². The fourth-order valence-corrected chi connectivity index (χ4v) is 2.96. The molecule has 3 rings (SSSR count). The first-order chi connectivity index (χ1) is 9.57. The number of nitrogens with one attached hydrogen (secondary N) is 1. The van der Waals surface area contributed by atoms with E-state index in [2.05, 4.69) is 54.2 Å². The number of nitrogens with zero attached hydrogens (tertiary/aromatic N) is 2. The first kappa shape index (κ1) is 13.6. The summed E-state index contributed by atoms with van der Waals surface area (Å²) in [7, 11) is 2.16. The first-order valence-electron chi connectivity index (χ1n) is 7.56. The maximum absolute atomic E-state index is 6.40. The molecule has 2 heterocycles. The standard InChI is InChI=1S/C16H25N3O/c1-16(2)7-10-18(3)13-5-4-6-14(15(13)20-16)19-11-8-17-9-12-19/h4-6,17H,7-12H2,1-3H3. The van der Waals surface area contributed by atoms with E-state index in [1.807, 2.05) is 0 Å². The number of benzene rings is 1. The molecule has 1 aromatic carbocycles. The summed E-state index contributed by atoms with van der Waals surface area (Å²) < 4.78 is 6.40. The van der Waals surface area contributed by atoms with Crippen LogP contribution in [0.25, 0.3) is 0 Å². The van der Waals surface area contributed by atoms with Gasteiger partial charge in [0.2, 0.25) is 0 Å². The molecule has 0 atom stereocenters. The van der Waals surface area contributed by atoms with Gasteiger partial charge in [0.15, 0.2) is 5.75 Å². The number of hydrogen-bond acceptors (Lipinski definition) is 4. The molecule has 0 spiro atoms. The zero-order valence-electron chi connectivity index (χ0n) is 12.8. The smallest absolute Gasteiger partial charge is 0.166 e. The predicted octanol–water partition coefficient (Wildman–Crippen LogP) is 2.09. The zero-order chi connectivity index (χ0) is 14.2. The Morgan fingerprint density at radius 2 is 1.80 bits per heavy atom. The second-order valence-corrected chi connectivity index (χ2v) is 6.40. The van der Waals surface area contributed by atoms with Crippen molar-refractivity contribution < 1.29 is 4.74 Å². The molecule has 20 heavy (non-hydrogen) atoms. The predicted molar refractivity (Wildman–Crippen MR) is 84.1 cm³/mol. The van der Waals surface area contributed by atoms with Crippen LogP contribution in [0.2, 0.25) is 0 Å². The van der Waals surface area contributed by atoms with Crippen molar-refractivity contribution in [3.05, 3.63) is 18.2 Å². The molecule has 110 valence electrons. The van der Waals surface area contributed by atoms with Crippen molar-refractivity contribution in [2.24, 2.45) is 0 Å². The van der Waals surface area contributed by atoms with E-state index in [0.29, 0.717) is 0 Å². The van der Waals surface area contributed by atoms with Gasteiger partial charge in [0, 0.05) is 46.2 Å². The fraction of sp³-hybridized carbons (Fsp3) is 0.625. The number of hydrogen-bond donors (Lipinski definition) is 1. The minimum atomic E-state index is -0.107. The van der Waals surface area contributed by atoms with Crippen LogP contribution in [0.1, 0.15) is 20.3 Å². The number of fused-ring (bicyclic) bond motifs is 1. The van der Waals surface area contributed by atoms with E-state index in [1.165, 1.54) is 11.4 Å². The van der Waals surface area contributed by atoms with Gasteiger partial charge in [0.25, 0.3) is 0 Å². The summed E-state index contributed by atoms with van der Waals surface area (Å²) in [4.78, 5) is 4.75. The quantitative estimate of drug-likeness (QED) is 0.849. The van der Waals surface area contributed by atoms with Crippen LogP contribution in [0.5, 0.6) is 5.75 Å². The van der Waals surface area contributed by atoms with Gasteiger partial charge in [-0.05, 0) is 26.0 Å². The number of ether oxygens (including phenoxy) is 1. The number of piperazine rings is 1.